The van der Waals surface area contributed by atoms with E-state index in [4.69, 9.17) is 5.26 Å². The summed E-state index contributed by atoms with van der Waals surface area (Å²) in [6.07, 6.45) is -0.509. The third-order valence-corrected chi connectivity index (χ3v) is 1.67. The number of nitriles is 1. The third kappa shape index (κ3) is 2.83. The Balaban J connectivity index is 2.82. The molecule has 0 aromatic heterocycles. The van der Waals surface area contributed by atoms with Crippen LogP contribution in [0.5, 0.6) is 0 Å². The fourth-order valence-electron chi connectivity index (χ4n) is 1.12. The molecule has 0 aliphatic rings. The Morgan fingerprint density at radius 2 is 2.15 bits per heavy atom. The molecule has 13 heavy (non-hydrogen) atoms. The number of alkyl halides is 2. The Bertz CT molecular complexity index is 339. The van der Waals surface area contributed by atoms with Gasteiger partial charge in [0.2, 0.25) is 0 Å². The third-order valence-electron chi connectivity index (χ3n) is 1.67. The van der Waals surface area contributed by atoms with Crippen LogP contribution in [-0.2, 0) is 6.42 Å². The molecule has 68 valence electrons. The van der Waals surface area contributed by atoms with Crippen molar-refractivity contribution in [3.63, 3.8) is 0 Å². The molecule has 0 heterocycles. The first-order valence-corrected chi connectivity index (χ1v) is 3.88. The highest BCUT2D eigenvalue weighted by Crippen LogP contribution is 2.19. The van der Waals surface area contributed by atoms with E-state index in [9.17, 15) is 8.78 Å². The van der Waals surface area contributed by atoms with E-state index in [2.05, 4.69) is 0 Å². The van der Waals surface area contributed by atoms with Gasteiger partial charge in [-0.1, -0.05) is 29.8 Å². The van der Waals surface area contributed by atoms with Crippen LogP contribution in [0.2, 0.25) is 0 Å². The fraction of sp³-hybridized carbons (Fsp3) is 0.300. The normalized spacial score (nSPS) is 10.9. The van der Waals surface area contributed by atoms with E-state index >= 15 is 0 Å². The van der Waals surface area contributed by atoms with Gasteiger partial charge >= 0.3 is 5.92 Å². The van der Waals surface area contributed by atoms with E-state index in [-0.39, 0.29) is 0 Å². The minimum Gasteiger partial charge on any atom is -0.192 e. The molecule has 0 saturated carbocycles. The molecule has 0 atom stereocenters. The van der Waals surface area contributed by atoms with Crippen molar-refractivity contribution in [3.05, 3.63) is 35.4 Å². The lowest BCUT2D eigenvalue weighted by atomic mass is 10.1. The molecule has 1 aromatic rings. The standard InChI is InChI=1S/C10H9F2N/c1-8-3-2-4-9(5-8)6-10(11,12)7-13/h2-5H,6H2,1H3. The maximum atomic E-state index is 12.6. The molecule has 0 aliphatic carbocycles. The summed E-state index contributed by atoms with van der Waals surface area (Å²) < 4.78 is 25.2. The Morgan fingerprint density at radius 3 is 2.69 bits per heavy atom. The summed E-state index contributed by atoms with van der Waals surface area (Å²) in [6.45, 7) is 1.83. The van der Waals surface area contributed by atoms with Gasteiger partial charge in [0.15, 0.2) is 0 Å². The maximum absolute atomic E-state index is 12.6. The molecule has 0 N–H and O–H groups in total. The van der Waals surface area contributed by atoms with Crippen LogP contribution in [0.1, 0.15) is 11.1 Å². The smallest absolute Gasteiger partial charge is 0.192 e. The monoisotopic (exact) mass is 181 g/mol. The summed E-state index contributed by atoms with van der Waals surface area (Å²) in [5, 5.41) is 8.12. The van der Waals surface area contributed by atoms with Gasteiger partial charge in [0.1, 0.15) is 6.07 Å². The first-order valence-electron chi connectivity index (χ1n) is 3.88. The number of hydrogen-bond donors (Lipinski definition) is 0. The highest BCUT2D eigenvalue weighted by Gasteiger charge is 2.28. The van der Waals surface area contributed by atoms with Crippen LogP contribution in [0.15, 0.2) is 24.3 Å². The van der Waals surface area contributed by atoms with Gasteiger partial charge in [-0.25, -0.2) is 0 Å². The largest absolute Gasteiger partial charge is 0.335 e. The SMILES string of the molecule is Cc1cccc(CC(F)(F)C#N)c1. The van der Waals surface area contributed by atoms with Crippen LogP contribution in [0, 0.1) is 18.3 Å². The molecule has 1 rings (SSSR count). The summed E-state index contributed by atoms with van der Waals surface area (Å²) in [5.41, 5.74) is 1.41. The first-order chi connectivity index (χ1) is 6.03. The van der Waals surface area contributed by atoms with Crippen LogP contribution >= 0.6 is 0 Å². The molecular formula is C10H9F2N. The van der Waals surface area contributed by atoms with Crippen molar-refractivity contribution in [1.29, 1.82) is 5.26 Å². The van der Waals surface area contributed by atoms with E-state index in [1.165, 1.54) is 0 Å². The topological polar surface area (TPSA) is 23.8 Å². The van der Waals surface area contributed by atoms with Crippen molar-refractivity contribution in [2.24, 2.45) is 0 Å². The number of nitrogens with zero attached hydrogens (tertiary/aromatic N) is 1. The molecule has 0 bridgehead atoms. The van der Waals surface area contributed by atoms with Crippen molar-refractivity contribution < 1.29 is 8.78 Å². The highest BCUT2D eigenvalue weighted by atomic mass is 19.3. The van der Waals surface area contributed by atoms with E-state index in [1.54, 1.807) is 18.2 Å². The highest BCUT2D eigenvalue weighted by molar-refractivity contribution is 5.24. The van der Waals surface area contributed by atoms with Gasteiger partial charge in [0.25, 0.3) is 0 Å². The van der Waals surface area contributed by atoms with Crippen molar-refractivity contribution in [3.8, 4) is 6.07 Å². The van der Waals surface area contributed by atoms with Crippen LogP contribution in [0.4, 0.5) is 8.78 Å². The van der Waals surface area contributed by atoms with Gasteiger partial charge in [0, 0.05) is 0 Å². The number of aryl methyl sites for hydroxylation is 1. The molecule has 3 heteroatoms. The van der Waals surface area contributed by atoms with Crippen LogP contribution in [0.3, 0.4) is 0 Å². The quantitative estimate of drug-likeness (QED) is 0.688. The fourth-order valence-corrected chi connectivity index (χ4v) is 1.12. The lowest BCUT2D eigenvalue weighted by Crippen LogP contribution is -2.16. The Kier molecular flexibility index (Phi) is 2.62. The van der Waals surface area contributed by atoms with E-state index < -0.39 is 12.3 Å². The second kappa shape index (κ2) is 3.53. The van der Waals surface area contributed by atoms with Crippen LogP contribution < -0.4 is 0 Å². The predicted molar refractivity (Wildman–Crippen MR) is 45.4 cm³/mol. The number of benzene rings is 1. The second-order valence-corrected chi connectivity index (χ2v) is 2.98. The molecule has 0 spiro atoms. The zero-order valence-electron chi connectivity index (χ0n) is 7.22. The van der Waals surface area contributed by atoms with Gasteiger partial charge in [-0.2, -0.15) is 14.0 Å². The molecule has 0 amide bonds. The molecule has 0 radical (unpaired) electrons. The zero-order valence-corrected chi connectivity index (χ0v) is 7.22. The summed E-state index contributed by atoms with van der Waals surface area (Å²) in [6, 6.07) is 7.76. The van der Waals surface area contributed by atoms with Gasteiger partial charge in [-0.15, -0.1) is 0 Å². The summed E-state index contributed by atoms with van der Waals surface area (Å²) >= 11 is 0. The lowest BCUT2D eigenvalue weighted by Gasteiger charge is -2.07. The van der Waals surface area contributed by atoms with Gasteiger partial charge < -0.3 is 0 Å². The molecular weight excluding hydrogens is 172 g/mol. The molecule has 0 unspecified atom stereocenters. The molecule has 1 aromatic carbocycles. The maximum Gasteiger partial charge on any atom is 0.335 e. The Morgan fingerprint density at radius 1 is 1.46 bits per heavy atom. The predicted octanol–water partition coefficient (Wildman–Crippen LogP) is 2.70. The number of halogens is 2. The molecule has 0 saturated heterocycles. The molecule has 1 nitrogen and oxygen atoms in total. The first kappa shape index (κ1) is 9.66. The van der Waals surface area contributed by atoms with Crippen LogP contribution in [-0.4, -0.2) is 5.92 Å². The lowest BCUT2D eigenvalue weighted by molar-refractivity contribution is 0.0646. The van der Waals surface area contributed by atoms with Gasteiger partial charge in [-0.05, 0) is 12.5 Å². The van der Waals surface area contributed by atoms with Crippen LogP contribution in [0.25, 0.3) is 0 Å². The van der Waals surface area contributed by atoms with E-state index in [0.717, 1.165) is 11.6 Å². The minimum atomic E-state index is -3.26. The summed E-state index contributed by atoms with van der Waals surface area (Å²) in [7, 11) is 0. The van der Waals surface area contributed by atoms with Crippen molar-refractivity contribution in [1.82, 2.24) is 0 Å². The van der Waals surface area contributed by atoms with Gasteiger partial charge in [0.05, 0.1) is 6.42 Å². The Hall–Kier alpha value is -1.43. The Labute approximate surface area is 75.6 Å². The van der Waals surface area contributed by atoms with Crippen molar-refractivity contribution in [2.45, 2.75) is 19.3 Å². The molecule has 0 fully saturated rings. The molecule has 0 aliphatic heterocycles. The van der Waals surface area contributed by atoms with Gasteiger partial charge in [-0.3, -0.25) is 0 Å². The number of hydrogen-bond acceptors (Lipinski definition) is 1. The average molecular weight is 181 g/mol. The second-order valence-electron chi connectivity index (χ2n) is 2.98. The summed E-state index contributed by atoms with van der Waals surface area (Å²) in [5.74, 6) is -3.26. The van der Waals surface area contributed by atoms with Crippen molar-refractivity contribution >= 4 is 0 Å². The average Bonchev–Trinajstić information content (AvgIpc) is 2.03. The van der Waals surface area contributed by atoms with Crippen molar-refractivity contribution in [2.75, 3.05) is 0 Å². The van der Waals surface area contributed by atoms with E-state index in [1.807, 2.05) is 13.0 Å². The summed E-state index contributed by atoms with van der Waals surface area (Å²) in [4.78, 5) is 0. The minimum absolute atomic E-state index is 0.492. The van der Waals surface area contributed by atoms with E-state index in [0.29, 0.717) is 5.56 Å². The zero-order chi connectivity index (χ0) is 9.90. The number of rotatable bonds is 2.